The summed E-state index contributed by atoms with van der Waals surface area (Å²) < 4.78 is 5.01. The number of hydrogen-bond donors (Lipinski definition) is 0. The molecule has 1 atom stereocenters. The van der Waals surface area contributed by atoms with Crippen LogP contribution in [0, 0.1) is 11.5 Å². The molecule has 0 aromatic carbocycles. The maximum Gasteiger partial charge on any atom is 0.160 e. The Morgan fingerprint density at radius 1 is 0.950 bits per heavy atom. The van der Waals surface area contributed by atoms with E-state index in [4.69, 9.17) is 4.99 Å². The van der Waals surface area contributed by atoms with Crippen molar-refractivity contribution in [2.24, 2.45) is 4.99 Å². The van der Waals surface area contributed by atoms with Crippen LogP contribution in [0.15, 0.2) is 4.99 Å². The van der Waals surface area contributed by atoms with E-state index in [0.717, 1.165) is 6.67 Å². The van der Waals surface area contributed by atoms with E-state index >= 15 is 0 Å². The molecule has 6 heteroatoms. The van der Waals surface area contributed by atoms with Gasteiger partial charge in [0.05, 0.1) is 13.0 Å². The molecule has 1 aliphatic rings. The number of aliphatic imine (C=N–C) groups is 1. The van der Waals surface area contributed by atoms with Gasteiger partial charge in [0.1, 0.15) is 24.5 Å². The van der Waals surface area contributed by atoms with Gasteiger partial charge in [-0.2, -0.15) is 0 Å². The summed E-state index contributed by atoms with van der Waals surface area (Å²) in [6.07, 6.45) is 2.13. The second-order valence-electron chi connectivity index (χ2n) is 8.58. The molecule has 1 aliphatic heterocycles. The molecule has 114 valence electrons. The van der Waals surface area contributed by atoms with E-state index in [1.54, 1.807) is 0 Å². The van der Waals surface area contributed by atoms with Gasteiger partial charge in [0.15, 0.2) is 6.17 Å². The lowest BCUT2D eigenvalue weighted by Crippen LogP contribution is -2.62. The summed E-state index contributed by atoms with van der Waals surface area (Å²) in [5.41, 5.74) is 3.50. The Labute approximate surface area is 128 Å². The van der Waals surface area contributed by atoms with Crippen LogP contribution in [0.25, 0.3) is 0 Å². The summed E-state index contributed by atoms with van der Waals surface area (Å²) in [7, 11) is -4.10. The van der Waals surface area contributed by atoms with Gasteiger partial charge in [-0.1, -0.05) is 64.8 Å². The zero-order chi connectivity index (χ0) is 15.8. The van der Waals surface area contributed by atoms with Gasteiger partial charge < -0.3 is 4.57 Å². The molecule has 0 amide bonds. The molecule has 1 heterocycles. The largest absolute Gasteiger partial charge is 0.378 e. The van der Waals surface area contributed by atoms with Gasteiger partial charge in [-0.3, -0.25) is 4.57 Å². The smallest absolute Gasteiger partial charge is 0.160 e. The van der Waals surface area contributed by atoms with Gasteiger partial charge in [-0.05, 0) is 0 Å². The highest BCUT2D eigenvalue weighted by Crippen LogP contribution is 2.21. The van der Waals surface area contributed by atoms with Gasteiger partial charge >= 0.3 is 0 Å². The van der Waals surface area contributed by atoms with Crippen LogP contribution in [-0.2, 0) is 0 Å². The fourth-order valence-corrected chi connectivity index (χ4v) is 5.00. The van der Waals surface area contributed by atoms with E-state index in [1.165, 1.54) is 0 Å². The summed E-state index contributed by atoms with van der Waals surface area (Å²) >= 11 is 0. The lowest BCUT2D eigenvalue weighted by Gasteiger charge is -2.46. The third kappa shape index (κ3) is 5.20. The van der Waals surface area contributed by atoms with Crippen LogP contribution in [0.4, 0.5) is 0 Å². The second kappa shape index (κ2) is 5.79. The molecular formula is C14H31N3Si3. The molecule has 20 heavy (non-hydrogen) atoms. The fourth-order valence-electron chi connectivity index (χ4n) is 1.86. The van der Waals surface area contributed by atoms with E-state index in [1.807, 2.05) is 0 Å². The molecule has 0 aromatic rings. The van der Waals surface area contributed by atoms with Gasteiger partial charge in [-0.15, -0.1) is 5.54 Å². The first-order valence-electron chi connectivity index (χ1n) is 7.40. The van der Waals surface area contributed by atoms with Crippen LogP contribution in [0.1, 0.15) is 0 Å². The fraction of sp³-hybridized carbons (Fsp3) is 0.786. The first-order valence-corrected chi connectivity index (χ1v) is 17.8. The van der Waals surface area contributed by atoms with Crippen molar-refractivity contribution in [3.05, 3.63) is 0 Å². The molecule has 0 saturated heterocycles. The molecule has 0 aromatic heterocycles. The van der Waals surface area contributed by atoms with E-state index in [2.05, 4.69) is 85.9 Å². The molecule has 3 nitrogen and oxygen atoms in total. The molecule has 0 N–H and O–H groups in total. The number of hydrogen-bond acceptors (Lipinski definition) is 3. The quantitative estimate of drug-likeness (QED) is 0.572. The molecular weight excluding hydrogens is 294 g/mol. The van der Waals surface area contributed by atoms with Crippen LogP contribution in [0.2, 0.25) is 58.9 Å². The predicted octanol–water partition coefficient (Wildman–Crippen LogP) is 3.47. The molecule has 0 saturated carbocycles. The molecule has 1 unspecified atom stereocenters. The third-order valence-electron chi connectivity index (χ3n) is 3.25. The highest BCUT2D eigenvalue weighted by atomic mass is 28.3. The van der Waals surface area contributed by atoms with Gasteiger partial charge in [0, 0.05) is 0 Å². The highest BCUT2D eigenvalue weighted by Gasteiger charge is 2.36. The van der Waals surface area contributed by atoms with Crippen molar-refractivity contribution in [1.29, 1.82) is 0 Å². The Balaban J connectivity index is 3.06. The van der Waals surface area contributed by atoms with Crippen LogP contribution in [0.5, 0.6) is 0 Å². The topological polar surface area (TPSA) is 18.8 Å². The average Bonchev–Trinajstić information content (AvgIpc) is 2.22. The second-order valence-corrected chi connectivity index (χ2v) is 23.2. The Kier molecular flexibility index (Phi) is 5.13. The zero-order valence-corrected chi connectivity index (χ0v) is 17.7. The summed E-state index contributed by atoms with van der Waals surface area (Å²) in [6, 6.07) is 0. The summed E-state index contributed by atoms with van der Waals surface area (Å²) in [5.74, 6) is 3.45. The Hall–Kier alpha value is -0.359. The predicted molar refractivity (Wildman–Crippen MR) is 98.6 cm³/mol. The van der Waals surface area contributed by atoms with E-state index < -0.39 is 24.5 Å². The van der Waals surface area contributed by atoms with Gasteiger partial charge in [0.25, 0.3) is 0 Å². The Morgan fingerprint density at radius 2 is 1.50 bits per heavy atom. The summed E-state index contributed by atoms with van der Waals surface area (Å²) in [6.45, 7) is 22.2. The minimum Gasteiger partial charge on any atom is -0.378 e. The normalized spacial score (nSPS) is 21.6. The van der Waals surface area contributed by atoms with Crippen molar-refractivity contribution < 1.29 is 0 Å². The molecule has 0 bridgehead atoms. The monoisotopic (exact) mass is 325 g/mol. The van der Waals surface area contributed by atoms with Crippen molar-refractivity contribution in [1.82, 2.24) is 9.13 Å². The lowest BCUT2D eigenvalue weighted by molar-refractivity contribution is 0.294. The zero-order valence-electron chi connectivity index (χ0n) is 14.7. The Bertz CT molecular complexity index is 430. The van der Waals surface area contributed by atoms with Gasteiger partial charge in [-0.25, -0.2) is 4.99 Å². The van der Waals surface area contributed by atoms with E-state index in [-0.39, 0.29) is 6.17 Å². The number of rotatable bonds is 2. The molecule has 0 aliphatic carbocycles. The lowest BCUT2D eigenvalue weighted by atomic mass is 10.5. The van der Waals surface area contributed by atoms with Crippen LogP contribution in [-0.4, -0.2) is 52.8 Å². The van der Waals surface area contributed by atoms with E-state index in [9.17, 15) is 0 Å². The van der Waals surface area contributed by atoms with Crippen molar-refractivity contribution in [3.63, 3.8) is 0 Å². The molecule has 0 fully saturated rings. The third-order valence-corrected chi connectivity index (χ3v) is 8.23. The van der Waals surface area contributed by atoms with E-state index in [0.29, 0.717) is 0 Å². The minimum atomic E-state index is -1.42. The first kappa shape index (κ1) is 17.7. The van der Waals surface area contributed by atoms with Crippen molar-refractivity contribution in [2.45, 2.75) is 65.1 Å². The molecule has 0 radical (unpaired) electrons. The number of nitrogens with zero attached hydrogens (tertiary/aromatic N) is 3. The molecule has 1 rings (SSSR count). The van der Waals surface area contributed by atoms with Crippen molar-refractivity contribution in [2.75, 3.05) is 6.67 Å². The van der Waals surface area contributed by atoms with Crippen LogP contribution < -0.4 is 0 Å². The van der Waals surface area contributed by atoms with Crippen LogP contribution >= 0.6 is 0 Å². The van der Waals surface area contributed by atoms with Crippen LogP contribution in [0.3, 0.4) is 0 Å². The summed E-state index contributed by atoms with van der Waals surface area (Å²) in [5, 5.41) is 0. The summed E-state index contributed by atoms with van der Waals surface area (Å²) in [4.78, 5) is 4.77. The van der Waals surface area contributed by atoms with Crippen molar-refractivity contribution in [3.8, 4) is 11.5 Å². The SMILES string of the molecule is C[Si](C)(C)C#CC1N=CN([Si](C)(C)C)CN1[Si](C)(C)C. The Morgan fingerprint density at radius 3 is 1.90 bits per heavy atom. The van der Waals surface area contributed by atoms with Crippen molar-refractivity contribution >= 4 is 30.9 Å². The standard InChI is InChI=1S/C14H31N3Si3/c1-18(2,3)11-10-14-15-12-16(19(4,5)6)13-17(14)20(7,8)9/h12,14H,13H2,1-9H3. The maximum absolute atomic E-state index is 4.77. The average molecular weight is 326 g/mol. The minimum absolute atomic E-state index is 0.0704. The maximum atomic E-state index is 4.77. The van der Waals surface area contributed by atoms with Gasteiger partial charge in [0.2, 0.25) is 0 Å². The molecule has 0 spiro atoms. The highest BCUT2D eigenvalue weighted by molar-refractivity contribution is 6.83. The first-order chi connectivity index (χ1) is 8.81.